The van der Waals surface area contributed by atoms with E-state index in [1.54, 1.807) is 6.20 Å². The highest BCUT2D eigenvalue weighted by Gasteiger charge is 2.22. The highest BCUT2D eigenvalue weighted by Crippen LogP contribution is 2.25. The van der Waals surface area contributed by atoms with Crippen molar-refractivity contribution in [1.29, 1.82) is 0 Å². The normalized spacial score (nSPS) is 15.3. The minimum atomic E-state index is 0.0489. The van der Waals surface area contributed by atoms with Gasteiger partial charge in [-0.2, -0.15) is 0 Å². The molecule has 0 spiro atoms. The maximum Gasteiger partial charge on any atom is 0.272 e. The van der Waals surface area contributed by atoms with Crippen molar-refractivity contribution in [2.45, 2.75) is 26.7 Å². The second-order valence-electron chi connectivity index (χ2n) is 6.45. The van der Waals surface area contributed by atoms with Gasteiger partial charge in [-0.05, 0) is 49.9 Å². The standard InChI is InChI=1S/C20H25N3O/c1-3-23(17-7-5-4-6-8-17)18-9-12-21-19(15-18)20(24)22-13-10-16(2)11-14-22/h4-9,12,15-16H,3,10-11,13-14H2,1-2H3. The number of hydrogen-bond donors (Lipinski definition) is 0. The first-order valence-electron chi connectivity index (χ1n) is 8.77. The highest BCUT2D eigenvalue weighted by atomic mass is 16.2. The minimum absolute atomic E-state index is 0.0489. The van der Waals surface area contributed by atoms with E-state index in [4.69, 9.17) is 0 Å². The zero-order chi connectivity index (χ0) is 16.9. The van der Waals surface area contributed by atoms with Crippen LogP contribution in [0.3, 0.4) is 0 Å². The first-order chi connectivity index (χ1) is 11.7. The molecule has 2 heterocycles. The van der Waals surface area contributed by atoms with Crippen molar-refractivity contribution in [3.8, 4) is 0 Å². The summed E-state index contributed by atoms with van der Waals surface area (Å²) in [6.07, 6.45) is 3.90. The number of rotatable bonds is 4. The maximum absolute atomic E-state index is 12.8. The largest absolute Gasteiger partial charge is 0.342 e. The molecule has 1 fully saturated rings. The number of hydrogen-bond acceptors (Lipinski definition) is 3. The van der Waals surface area contributed by atoms with Crippen LogP contribution in [0.15, 0.2) is 48.7 Å². The van der Waals surface area contributed by atoms with E-state index in [0.717, 1.165) is 43.9 Å². The van der Waals surface area contributed by atoms with Crippen LogP contribution in [-0.2, 0) is 0 Å². The molecule has 126 valence electrons. The molecule has 1 aliphatic rings. The summed E-state index contributed by atoms with van der Waals surface area (Å²) in [4.78, 5) is 21.2. The Kier molecular flexibility index (Phi) is 5.14. The molecule has 0 aliphatic carbocycles. The lowest BCUT2D eigenvalue weighted by Crippen LogP contribution is -2.38. The molecule has 1 aliphatic heterocycles. The molecule has 0 unspecified atom stereocenters. The van der Waals surface area contributed by atoms with Crippen LogP contribution < -0.4 is 4.90 Å². The molecule has 1 amide bonds. The number of pyridine rings is 1. The van der Waals surface area contributed by atoms with Crippen LogP contribution >= 0.6 is 0 Å². The van der Waals surface area contributed by atoms with Gasteiger partial charge in [0.05, 0.1) is 0 Å². The Morgan fingerprint density at radius 3 is 2.54 bits per heavy atom. The molecular weight excluding hydrogens is 298 g/mol. The van der Waals surface area contributed by atoms with E-state index in [1.165, 1.54) is 0 Å². The average molecular weight is 323 g/mol. The molecule has 2 aromatic rings. The summed E-state index contributed by atoms with van der Waals surface area (Å²) in [5.74, 6) is 0.759. The molecule has 3 rings (SSSR count). The summed E-state index contributed by atoms with van der Waals surface area (Å²) in [6, 6.07) is 14.1. The molecule has 0 radical (unpaired) electrons. The fraction of sp³-hybridized carbons (Fsp3) is 0.400. The zero-order valence-electron chi connectivity index (χ0n) is 14.5. The van der Waals surface area contributed by atoms with E-state index in [9.17, 15) is 4.79 Å². The topological polar surface area (TPSA) is 36.4 Å². The van der Waals surface area contributed by atoms with Crippen molar-refractivity contribution in [3.05, 3.63) is 54.4 Å². The Labute approximate surface area is 144 Å². The third kappa shape index (κ3) is 3.58. The van der Waals surface area contributed by atoms with Crippen molar-refractivity contribution >= 4 is 17.3 Å². The molecule has 4 nitrogen and oxygen atoms in total. The van der Waals surface area contributed by atoms with Crippen molar-refractivity contribution in [2.75, 3.05) is 24.5 Å². The van der Waals surface area contributed by atoms with Crippen molar-refractivity contribution in [1.82, 2.24) is 9.88 Å². The summed E-state index contributed by atoms with van der Waals surface area (Å²) in [5.41, 5.74) is 2.67. The third-order valence-electron chi connectivity index (χ3n) is 4.73. The quantitative estimate of drug-likeness (QED) is 0.849. The summed E-state index contributed by atoms with van der Waals surface area (Å²) in [7, 11) is 0. The molecule has 0 N–H and O–H groups in total. The van der Waals surface area contributed by atoms with Gasteiger partial charge in [-0.15, -0.1) is 0 Å². The van der Waals surface area contributed by atoms with Gasteiger partial charge in [-0.1, -0.05) is 25.1 Å². The van der Waals surface area contributed by atoms with Gasteiger partial charge in [0.2, 0.25) is 0 Å². The van der Waals surface area contributed by atoms with E-state index < -0.39 is 0 Å². The second kappa shape index (κ2) is 7.47. The summed E-state index contributed by atoms with van der Waals surface area (Å²) >= 11 is 0. The van der Waals surface area contributed by atoms with Crippen molar-refractivity contribution in [3.63, 3.8) is 0 Å². The smallest absolute Gasteiger partial charge is 0.272 e. The number of amides is 1. The predicted molar refractivity (Wildman–Crippen MR) is 97.7 cm³/mol. The molecule has 0 atom stereocenters. The number of anilines is 2. The van der Waals surface area contributed by atoms with E-state index in [-0.39, 0.29) is 5.91 Å². The van der Waals surface area contributed by atoms with Crippen LogP contribution in [0.2, 0.25) is 0 Å². The van der Waals surface area contributed by atoms with E-state index >= 15 is 0 Å². The number of piperidine rings is 1. The molecule has 1 saturated heterocycles. The Balaban J connectivity index is 1.82. The van der Waals surface area contributed by atoms with Gasteiger partial charge in [0.15, 0.2) is 0 Å². The fourth-order valence-electron chi connectivity index (χ4n) is 3.20. The van der Waals surface area contributed by atoms with Crippen LogP contribution in [0, 0.1) is 5.92 Å². The van der Waals surface area contributed by atoms with Gasteiger partial charge in [-0.25, -0.2) is 0 Å². The molecular formula is C20H25N3O. The molecule has 1 aromatic heterocycles. The second-order valence-corrected chi connectivity index (χ2v) is 6.45. The average Bonchev–Trinajstić information content (AvgIpc) is 2.64. The van der Waals surface area contributed by atoms with Gasteiger partial charge >= 0.3 is 0 Å². The summed E-state index contributed by atoms with van der Waals surface area (Å²) < 4.78 is 0. The Morgan fingerprint density at radius 2 is 1.88 bits per heavy atom. The number of likely N-dealkylation sites (tertiary alicyclic amines) is 1. The zero-order valence-corrected chi connectivity index (χ0v) is 14.5. The molecule has 4 heteroatoms. The molecule has 0 saturated carbocycles. The summed E-state index contributed by atoms with van der Waals surface area (Å²) in [5, 5.41) is 0. The Morgan fingerprint density at radius 1 is 1.17 bits per heavy atom. The maximum atomic E-state index is 12.8. The number of aromatic nitrogens is 1. The Bertz CT molecular complexity index is 678. The van der Waals surface area contributed by atoms with E-state index in [0.29, 0.717) is 11.6 Å². The van der Waals surface area contributed by atoms with Gasteiger partial charge < -0.3 is 9.80 Å². The van der Waals surface area contributed by atoms with Crippen LogP contribution in [0.5, 0.6) is 0 Å². The van der Waals surface area contributed by atoms with Crippen LogP contribution in [0.1, 0.15) is 37.2 Å². The molecule has 24 heavy (non-hydrogen) atoms. The number of nitrogens with zero attached hydrogens (tertiary/aromatic N) is 3. The van der Waals surface area contributed by atoms with Crippen LogP contribution in [0.25, 0.3) is 0 Å². The van der Waals surface area contributed by atoms with E-state index in [1.807, 2.05) is 35.2 Å². The third-order valence-corrected chi connectivity index (χ3v) is 4.73. The van der Waals surface area contributed by atoms with E-state index in [2.05, 4.69) is 35.9 Å². The SMILES string of the molecule is CCN(c1ccccc1)c1ccnc(C(=O)N2CCC(C)CC2)c1. The first kappa shape index (κ1) is 16.5. The van der Waals surface area contributed by atoms with Crippen LogP contribution in [0.4, 0.5) is 11.4 Å². The fourth-order valence-corrected chi connectivity index (χ4v) is 3.20. The number of carbonyl (C=O) groups is 1. The van der Waals surface area contributed by atoms with Gasteiger partial charge in [-0.3, -0.25) is 9.78 Å². The number of carbonyl (C=O) groups excluding carboxylic acids is 1. The Hall–Kier alpha value is -2.36. The summed E-state index contributed by atoms with van der Waals surface area (Å²) in [6.45, 7) is 6.87. The van der Waals surface area contributed by atoms with Gasteiger partial charge in [0.1, 0.15) is 5.69 Å². The number of benzene rings is 1. The minimum Gasteiger partial charge on any atom is -0.342 e. The number of para-hydroxylation sites is 1. The monoisotopic (exact) mass is 323 g/mol. The van der Waals surface area contributed by atoms with Gasteiger partial charge in [0, 0.05) is 37.2 Å². The molecule has 1 aromatic carbocycles. The first-order valence-corrected chi connectivity index (χ1v) is 8.77. The van der Waals surface area contributed by atoms with Gasteiger partial charge in [0.25, 0.3) is 5.91 Å². The lowest BCUT2D eigenvalue weighted by atomic mass is 9.99. The highest BCUT2D eigenvalue weighted by molar-refractivity contribution is 5.93. The lowest BCUT2D eigenvalue weighted by Gasteiger charge is -2.30. The predicted octanol–water partition coefficient (Wildman–Crippen LogP) is 4.11. The molecule has 0 bridgehead atoms. The lowest BCUT2D eigenvalue weighted by molar-refractivity contribution is 0.0691. The van der Waals surface area contributed by atoms with Crippen LogP contribution in [-0.4, -0.2) is 35.4 Å². The van der Waals surface area contributed by atoms with Crippen molar-refractivity contribution < 1.29 is 4.79 Å². The van der Waals surface area contributed by atoms with Crippen molar-refractivity contribution in [2.24, 2.45) is 5.92 Å².